The van der Waals surface area contributed by atoms with Gasteiger partial charge in [-0.3, -0.25) is 4.79 Å². The summed E-state index contributed by atoms with van der Waals surface area (Å²) >= 11 is 1.61. The molecule has 1 N–H and O–H groups in total. The molecule has 0 saturated heterocycles. The quantitative estimate of drug-likeness (QED) is 0.366. The van der Waals surface area contributed by atoms with Gasteiger partial charge in [0.15, 0.2) is 11.5 Å². The Bertz CT molecular complexity index is 1150. The van der Waals surface area contributed by atoms with Gasteiger partial charge < -0.3 is 24.6 Å². The van der Waals surface area contributed by atoms with E-state index in [0.717, 1.165) is 21.7 Å². The summed E-state index contributed by atoms with van der Waals surface area (Å²) in [4.78, 5) is 31.1. The molecule has 0 aliphatic carbocycles. The Hall–Kier alpha value is -3.52. The third kappa shape index (κ3) is 7.24. The van der Waals surface area contributed by atoms with Crippen molar-refractivity contribution < 1.29 is 19.1 Å². The summed E-state index contributed by atoms with van der Waals surface area (Å²) < 4.78 is 10.8. The second-order valence-electron chi connectivity index (χ2n) is 8.80. The molecule has 3 rings (SSSR count). The number of thiophene rings is 1. The van der Waals surface area contributed by atoms with Gasteiger partial charge in [-0.2, -0.15) is 0 Å². The molecule has 8 heteroatoms. The number of carbonyl (C=O) groups is 2. The number of aryl methyl sites for hydroxylation is 1. The molecule has 1 aromatic heterocycles. The number of hydrogen-bond donors (Lipinski definition) is 1. The van der Waals surface area contributed by atoms with Crippen LogP contribution in [0.25, 0.3) is 0 Å². The number of urea groups is 1. The Morgan fingerprint density at radius 1 is 1.00 bits per heavy atom. The van der Waals surface area contributed by atoms with Gasteiger partial charge in [0.05, 0.1) is 20.8 Å². The Morgan fingerprint density at radius 3 is 2.39 bits per heavy atom. The van der Waals surface area contributed by atoms with Gasteiger partial charge in [-0.15, -0.1) is 11.3 Å². The molecule has 7 nitrogen and oxygen atoms in total. The molecule has 0 fully saturated rings. The van der Waals surface area contributed by atoms with Crippen LogP contribution in [-0.4, -0.2) is 55.1 Å². The smallest absolute Gasteiger partial charge is 0.322 e. The largest absolute Gasteiger partial charge is 0.493 e. The van der Waals surface area contributed by atoms with Crippen molar-refractivity contribution in [3.63, 3.8) is 0 Å². The fourth-order valence-electron chi connectivity index (χ4n) is 3.82. The van der Waals surface area contributed by atoms with Gasteiger partial charge in [0.1, 0.15) is 6.54 Å². The summed E-state index contributed by atoms with van der Waals surface area (Å²) in [6, 6.07) is 17.0. The first-order chi connectivity index (χ1) is 17.3. The first kappa shape index (κ1) is 27.1. The van der Waals surface area contributed by atoms with Crippen molar-refractivity contribution >= 4 is 29.0 Å². The Morgan fingerprint density at radius 2 is 1.75 bits per heavy atom. The number of nitrogens with zero attached hydrogens (tertiary/aromatic N) is 2. The van der Waals surface area contributed by atoms with E-state index in [1.807, 2.05) is 85.6 Å². The fraction of sp³-hybridized carbons (Fsp3) is 0.357. The lowest BCUT2D eigenvalue weighted by molar-refractivity contribution is -0.132. The first-order valence-corrected chi connectivity index (χ1v) is 12.8. The summed E-state index contributed by atoms with van der Waals surface area (Å²) in [5, 5.41) is 4.96. The lowest BCUT2D eigenvalue weighted by Crippen LogP contribution is -2.47. The minimum atomic E-state index is -0.288. The minimum Gasteiger partial charge on any atom is -0.493 e. The van der Waals surface area contributed by atoms with E-state index in [4.69, 9.17) is 9.47 Å². The van der Waals surface area contributed by atoms with E-state index in [0.29, 0.717) is 31.0 Å². The number of nitrogens with one attached hydrogen (secondary N) is 1. The maximum atomic E-state index is 13.5. The molecule has 192 valence electrons. The summed E-state index contributed by atoms with van der Waals surface area (Å²) in [6.07, 6.45) is 0.647. The molecule has 0 saturated carbocycles. The van der Waals surface area contributed by atoms with Gasteiger partial charge in [0, 0.05) is 23.2 Å². The van der Waals surface area contributed by atoms with Crippen LogP contribution in [0.2, 0.25) is 0 Å². The van der Waals surface area contributed by atoms with Crippen LogP contribution < -0.4 is 14.8 Å². The van der Waals surface area contributed by atoms with Crippen LogP contribution >= 0.6 is 11.3 Å². The van der Waals surface area contributed by atoms with Crippen LogP contribution in [0.1, 0.15) is 29.9 Å². The zero-order chi connectivity index (χ0) is 26.1. The first-order valence-electron chi connectivity index (χ1n) is 12.0. The second-order valence-corrected chi connectivity index (χ2v) is 9.83. The SMILES string of the molecule is COc1ccc(CCN(Cc2cccs2)C(=O)CN(C(=O)Nc2ccccc2C)C(C)C)cc1OC. The minimum absolute atomic E-state index is 0.00725. The molecule has 2 aromatic carbocycles. The van der Waals surface area contributed by atoms with Gasteiger partial charge in [-0.25, -0.2) is 4.79 Å². The number of methoxy groups -OCH3 is 2. The molecular formula is C28H35N3O4S. The van der Waals surface area contributed by atoms with Crippen LogP contribution in [0.4, 0.5) is 10.5 Å². The van der Waals surface area contributed by atoms with Crippen molar-refractivity contribution in [2.75, 3.05) is 32.6 Å². The molecule has 3 amide bonds. The Labute approximate surface area is 217 Å². The van der Waals surface area contributed by atoms with Crippen LogP contribution in [0, 0.1) is 6.92 Å². The normalized spacial score (nSPS) is 10.7. The summed E-state index contributed by atoms with van der Waals surface area (Å²) in [5.74, 6) is 1.22. The van der Waals surface area contributed by atoms with E-state index < -0.39 is 0 Å². The lowest BCUT2D eigenvalue weighted by atomic mass is 10.1. The van der Waals surface area contributed by atoms with E-state index in [2.05, 4.69) is 5.32 Å². The van der Waals surface area contributed by atoms with E-state index in [-0.39, 0.29) is 24.5 Å². The fourth-order valence-corrected chi connectivity index (χ4v) is 4.54. The van der Waals surface area contributed by atoms with Crippen molar-refractivity contribution in [3.05, 3.63) is 76.0 Å². The van der Waals surface area contributed by atoms with Gasteiger partial charge >= 0.3 is 6.03 Å². The number of carbonyl (C=O) groups excluding carboxylic acids is 2. The van der Waals surface area contributed by atoms with Crippen molar-refractivity contribution in [1.82, 2.24) is 9.80 Å². The molecule has 0 spiro atoms. The Kier molecular flexibility index (Phi) is 9.76. The number of hydrogen-bond acceptors (Lipinski definition) is 5. The van der Waals surface area contributed by atoms with Crippen molar-refractivity contribution in [2.45, 2.75) is 39.8 Å². The number of rotatable bonds is 11. The number of ether oxygens (including phenoxy) is 2. The summed E-state index contributed by atoms with van der Waals surface area (Å²) in [7, 11) is 3.21. The average molecular weight is 510 g/mol. The number of amides is 3. The molecular weight excluding hydrogens is 474 g/mol. The maximum absolute atomic E-state index is 13.5. The van der Waals surface area contributed by atoms with Gasteiger partial charge in [0.2, 0.25) is 5.91 Å². The highest BCUT2D eigenvalue weighted by Gasteiger charge is 2.24. The third-order valence-corrected chi connectivity index (χ3v) is 6.84. The van der Waals surface area contributed by atoms with Gasteiger partial charge in [-0.1, -0.05) is 30.3 Å². The zero-order valence-electron chi connectivity index (χ0n) is 21.6. The van der Waals surface area contributed by atoms with Crippen molar-refractivity contribution in [3.8, 4) is 11.5 Å². The van der Waals surface area contributed by atoms with E-state index in [9.17, 15) is 9.59 Å². The van der Waals surface area contributed by atoms with Gasteiger partial charge in [-0.05, 0) is 68.0 Å². The summed E-state index contributed by atoms with van der Waals surface area (Å²) in [6.45, 7) is 6.77. The van der Waals surface area contributed by atoms with Crippen LogP contribution in [0.3, 0.4) is 0 Å². The zero-order valence-corrected chi connectivity index (χ0v) is 22.4. The molecule has 0 atom stereocenters. The number of benzene rings is 2. The topological polar surface area (TPSA) is 71.1 Å². The molecule has 0 bridgehead atoms. The van der Waals surface area contributed by atoms with E-state index >= 15 is 0 Å². The molecule has 0 radical (unpaired) electrons. The third-order valence-electron chi connectivity index (χ3n) is 5.97. The number of anilines is 1. The van der Waals surface area contributed by atoms with Gasteiger partial charge in [0.25, 0.3) is 0 Å². The van der Waals surface area contributed by atoms with Crippen LogP contribution in [0.5, 0.6) is 11.5 Å². The highest BCUT2D eigenvalue weighted by molar-refractivity contribution is 7.09. The molecule has 36 heavy (non-hydrogen) atoms. The molecule has 0 aliphatic heterocycles. The standard InChI is InChI=1S/C28H35N3O4S/c1-20(2)31(28(33)29-24-11-7-6-9-21(24)3)19-27(32)30(18-23-10-8-16-36-23)15-14-22-12-13-25(34-4)26(17-22)35-5/h6-13,16-17,20H,14-15,18-19H2,1-5H3,(H,29,33). The molecule has 0 aliphatic rings. The summed E-state index contributed by atoms with van der Waals surface area (Å²) in [5.41, 5.74) is 2.74. The second kappa shape index (κ2) is 13.0. The highest BCUT2D eigenvalue weighted by atomic mass is 32.1. The van der Waals surface area contributed by atoms with E-state index in [1.54, 1.807) is 30.5 Å². The average Bonchev–Trinajstić information content (AvgIpc) is 3.39. The van der Waals surface area contributed by atoms with Crippen LogP contribution in [-0.2, 0) is 17.8 Å². The predicted molar refractivity (Wildman–Crippen MR) is 145 cm³/mol. The van der Waals surface area contributed by atoms with Crippen molar-refractivity contribution in [2.24, 2.45) is 0 Å². The lowest BCUT2D eigenvalue weighted by Gasteiger charge is -2.30. The van der Waals surface area contributed by atoms with Crippen LogP contribution in [0.15, 0.2) is 60.0 Å². The van der Waals surface area contributed by atoms with E-state index in [1.165, 1.54) is 0 Å². The Balaban J connectivity index is 1.74. The highest BCUT2D eigenvalue weighted by Crippen LogP contribution is 2.28. The molecule has 1 heterocycles. The van der Waals surface area contributed by atoms with Crippen molar-refractivity contribution in [1.29, 1.82) is 0 Å². The molecule has 0 unspecified atom stereocenters. The maximum Gasteiger partial charge on any atom is 0.322 e. The number of para-hydroxylation sites is 1. The predicted octanol–water partition coefficient (Wildman–Crippen LogP) is 5.59. The molecule has 3 aromatic rings. The monoisotopic (exact) mass is 509 g/mol.